The van der Waals surface area contributed by atoms with Gasteiger partial charge in [0.2, 0.25) is 0 Å². The molecular weight excluding hydrogens is 278 g/mol. The van der Waals surface area contributed by atoms with Gasteiger partial charge in [-0.05, 0) is 12.5 Å². The second kappa shape index (κ2) is 5.27. The van der Waals surface area contributed by atoms with E-state index in [1.165, 1.54) is 13.2 Å². The first-order valence-electron chi connectivity index (χ1n) is 6.07. The van der Waals surface area contributed by atoms with Crippen LogP contribution in [0.25, 0.3) is 0 Å². The SMILES string of the molecule is C#CCNC1(C(=O)OC)CCS(=O)(=O)c2ccccc21. The van der Waals surface area contributed by atoms with Crippen LogP contribution in [0.15, 0.2) is 29.2 Å². The van der Waals surface area contributed by atoms with Gasteiger partial charge >= 0.3 is 5.97 Å². The van der Waals surface area contributed by atoms with Crippen molar-refractivity contribution in [2.45, 2.75) is 16.9 Å². The number of terminal acetylenes is 1. The summed E-state index contributed by atoms with van der Waals surface area (Å²) in [5.74, 6) is 1.74. The largest absolute Gasteiger partial charge is 0.467 e. The number of carbonyl (C=O) groups is 1. The highest BCUT2D eigenvalue weighted by atomic mass is 32.2. The molecule has 5 nitrogen and oxygen atoms in total. The fourth-order valence-corrected chi connectivity index (χ4v) is 4.12. The molecule has 0 bridgehead atoms. The molecule has 0 aromatic heterocycles. The molecular formula is C14H15NO4S. The molecule has 1 heterocycles. The Labute approximate surface area is 118 Å². The smallest absolute Gasteiger partial charge is 0.330 e. The van der Waals surface area contributed by atoms with Crippen LogP contribution in [0.4, 0.5) is 0 Å². The first kappa shape index (κ1) is 14.6. The lowest BCUT2D eigenvalue weighted by molar-refractivity contribution is -0.149. The average Bonchev–Trinajstić information content (AvgIpc) is 2.46. The van der Waals surface area contributed by atoms with Crippen LogP contribution >= 0.6 is 0 Å². The molecule has 6 heteroatoms. The molecule has 1 aliphatic heterocycles. The molecule has 0 radical (unpaired) electrons. The van der Waals surface area contributed by atoms with E-state index >= 15 is 0 Å². The number of esters is 1. The van der Waals surface area contributed by atoms with Crippen molar-refractivity contribution in [3.05, 3.63) is 29.8 Å². The second-order valence-electron chi connectivity index (χ2n) is 4.52. The van der Waals surface area contributed by atoms with E-state index in [0.29, 0.717) is 5.56 Å². The summed E-state index contributed by atoms with van der Waals surface area (Å²) in [5, 5.41) is 2.95. The maximum atomic E-state index is 12.2. The van der Waals surface area contributed by atoms with Crippen LogP contribution in [0, 0.1) is 12.3 Å². The lowest BCUT2D eigenvalue weighted by Crippen LogP contribution is -2.53. The van der Waals surface area contributed by atoms with E-state index in [1.54, 1.807) is 18.2 Å². The zero-order valence-electron chi connectivity index (χ0n) is 11.0. The minimum absolute atomic E-state index is 0.0979. The summed E-state index contributed by atoms with van der Waals surface area (Å²) < 4.78 is 29.1. The Morgan fingerprint density at radius 3 is 2.85 bits per heavy atom. The van der Waals surface area contributed by atoms with Crippen molar-refractivity contribution >= 4 is 15.8 Å². The van der Waals surface area contributed by atoms with E-state index in [1.807, 2.05) is 0 Å². The molecule has 106 valence electrons. The third kappa shape index (κ3) is 2.19. The summed E-state index contributed by atoms with van der Waals surface area (Å²) >= 11 is 0. The van der Waals surface area contributed by atoms with E-state index in [-0.39, 0.29) is 23.6 Å². The number of nitrogens with one attached hydrogen (secondary N) is 1. The lowest BCUT2D eigenvalue weighted by Gasteiger charge is -2.36. The molecule has 0 saturated carbocycles. The number of sulfone groups is 1. The van der Waals surface area contributed by atoms with Crippen LogP contribution in [0.1, 0.15) is 12.0 Å². The van der Waals surface area contributed by atoms with E-state index in [0.717, 1.165) is 0 Å². The summed E-state index contributed by atoms with van der Waals surface area (Å²) in [5.41, 5.74) is -0.809. The van der Waals surface area contributed by atoms with Gasteiger partial charge in [-0.2, -0.15) is 0 Å². The fourth-order valence-electron chi connectivity index (χ4n) is 2.47. The Kier molecular flexibility index (Phi) is 3.84. The average molecular weight is 293 g/mol. The first-order valence-corrected chi connectivity index (χ1v) is 7.72. The molecule has 0 saturated heterocycles. The molecule has 20 heavy (non-hydrogen) atoms. The van der Waals surface area contributed by atoms with Crippen molar-refractivity contribution in [1.82, 2.24) is 5.32 Å². The third-order valence-electron chi connectivity index (χ3n) is 3.45. The van der Waals surface area contributed by atoms with E-state index in [4.69, 9.17) is 11.2 Å². The number of fused-ring (bicyclic) bond motifs is 1. The molecule has 0 spiro atoms. The Hall–Kier alpha value is -1.84. The summed E-state index contributed by atoms with van der Waals surface area (Å²) in [6.45, 7) is 0.142. The Balaban J connectivity index is 2.65. The minimum atomic E-state index is -3.38. The van der Waals surface area contributed by atoms with Gasteiger partial charge in [0, 0.05) is 5.56 Å². The van der Waals surface area contributed by atoms with Crippen molar-refractivity contribution in [2.24, 2.45) is 0 Å². The first-order chi connectivity index (χ1) is 9.48. The molecule has 2 rings (SSSR count). The molecule has 1 atom stereocenters. The minimum Gasteiger partial charge on any atom is -0.467 e. The zero-order valence-corrected chi connectivity index (χ0v) is 11.9. The fraction of sp³-hybridized carbons (Fsp3) is 0.357. The summed E-state index contributed by atoms with van der Waals surface area (Å²) in [6, 6.07) is 6.44. The standard InChI is InChI=1S/C14H15NO4S/c1-3-9-15-14(13(16)19-2)8-10-20(17,18)12-7-5-4-6-11(12)14/h1,4-7,15H,8-10H2,2H3. The van der Waals surface area contributed by atoms with Crippen molar-refractivity contribution in [2.75, 3.05) is 19.4 Å². The van der Waals surface area contributed by atoms with Crippen molar-refractivity contribution in [1.29, 1.82) is 0 Å². The molecule has 1 aromatic carbocycles. The van der Waals surface area contributed by atoms with Gasteiger partial charge in [0.1, 0.15) is 5.54 Å². The molecule has 1 aliphatic rings. The quantitative estimate of drug-likeness (QED) is 0.647. The highest BCUT2D eigenvalue weighted by Crippen LogP contribution is 2.37. The van der Waals surface area contributed by atoms with Crippen molar-refractivity contribution < 1.29 is 17.9 Å². The third-order valence-corrected chi connectivity index (χ3v) is 5.22. The second-order valence-corrected chi connectivity index (χ2v) is 6.60. The monoisotopic (exact) mass is 293 g/mol. The van der Waals surface area contributed by atoms with Crippen LogP contribution in [0.2, 0.25) is 0 Å². The normalized spacial score (nSPS) is 23.4. The van der Waals surface area contributed by atoms with Gasteiger partial charge in [0.15, 0.2) is 9.84 Å². The van der Waals surface area contributed by atoms with Gasteiger partial charge in [-0.25, -0.2) is 13.2 Å². The number of hydrogen-bond acceptors (Lipinski definition) is 5. The van der Waals surface area contributed by atoms with Gasteiger partial charge in [-0.1, -0.05) is 24.1 Å². The number of hydrogen-bond donors (Lipinski definition) is 1. The van der Waals surface area contributed by atoms with Gasteiger partial charge in [0.25, 0.3) is 0 Å². The van der Waals surface area contributed by atoms with Crippen molar-refractivity contribution in [3.63, 3.8) is 0 Å². The van der Waals surface area contributed by atoms with Crippen LogP contribution in [-0.2, 0) is 24.9 Å². The van der Waals surface area contributed by atoms with Crippen LogP contribution in [0.5, 0.6) is 0 Å². The summed E-state index contributed by atoms with van der Waals surface area (Å²) in [4.78, 5) is 12.4. The Bertz CT molecular complexity index is 675. The van der Waals surface area contributed by atoms with Gasteiger partial charge < -0.3 is 4.74 Å². The zero-order chi connectivity index (χ0) is 14.8. The highest BCUT2D eigenvalue weighted by Gasteiger charge is 2.48. The molecule has 0 amide bonds. The van der Waals surface area contributed by atoms with E-state index < -0.39 is 21.3 Å². The van der Waals surface area contributed by atoms with Crippen LogP contribution < -0.4 is 5.32 Å². The topological polar surface area (TPSA) is 72.5 Å². The van der Waals surface area contributed by atoms with Gasteiger partial charge in [0.05, 0.1) is 24.3 Å². The van der Waals surface area contributed by atoms with E-state index in [2.05, 4.69) is 11.2 Å². The maximum Gasteiger partial charge on any atom is 0.330 e. The van der Waals surface area contributed by atoms with E-state index in [9.17, 15) is 13.2 Å². The molecule has 0 fully saturated rings. The van der Waals surface area contributed by atoms with Crippen LogP contribution in [-0.4, -0.2) is 33.8 Å². The predicted octanol–water partition coefficient (Wildman–Crippen LogP) is 0.455. The van der Waals surface area contributed by atoms with Gasteiger partial charge in [-0.15, -0.1) is 6.42 Å². The number of ether oxygens (including phenoxy) is 1. The lowest BCUT2D eigenvalue weighted by atomic mass is 9.86. The van der Waals surface area contributed by atoms with Gasteiger partial charge in [-0.3, -0.25) is 5.32 Å². The predicted molar refractivity (Wildman–Crippen MR) is 73.6 cm³/mol. The number of benzene rings is 1. The van der Waals surface area contributed by atoms with Crippen LogP contribution in [0.3, 0.4) is 0 Å². The number of methoxy groups -OCH3 is 1. The summed E-state index contributed by atoms with van der Waals surface area (Å²) in [6.07, 6.45) is 5.33. The summed E-state index contributed by atoms with van der Waals surface area (Å²) in [7, 11) is -2.11. The Morgan fingerprint density at radius 2 is 2.20 bits per heavy atom. The Morgan fingerprint density at radius 1 is 1.50 bits per heavy atom. The molecule has 1 unspecified atom stereocenters. The maximum absolute atomic E-state index is 12.2. The molecule has 0 aliphatic carbocycles. The highest BCUT2D eigenvalue weighted by molar-refractivity contribution is 7.91. The molecule has 1 aromatic rings. The number of rotatable bonds is 3. The number of carbonyl (C=O) groups excluding carboxylic acids is 1. The van der Waals surface area contributed by atoms with Crippen molar-refractivity contribution in [3.8, 4) is 12.3 Å². The molecule has 1 N–H and O–H groups in total.